The molecule has 2 aliphatic heterocycles. The van der Waals surface area contributed by atoms with E-state index in [0.29, 0.717) is 18.5 Å². The zero-order chi connectivity index (χ0) is 24.0. The number of nitrogens with one attached hydrogen (secondary N) is 1. The van der Waals surface area contributed by atoms with Crippen LogP contribution in [0.5, 0.6) is 0 Å². The molecule has 0 bridgehead atoms. The lowest BCUT2D eigenvalue weighted by Crippen LogP contribution is -2.62. The van der Waals surface area contributed by atoms with Gasteiger partial charge in [0.05, 0.1) is 5.56 Å². The molecule has 2 amide bonds. The van der Waals surface area contributed by atoms with Crippen LogP contribution in [-0.4, -0.2) is 76.6 Å². The predicted molar refractivity (Wildman–Crippen MR) is 120 cm³/mol. The fourth-order valence-corrected chi connectivity index (χ4v) is 5.23. The van der Waals surface area contributed by atoms with Crippen LogP contribution in [0.1, 0.15) is 52.5 Å². The Bertz CT molecular complexity index is 826. The topological polar surface area (TPSA) is 64.6 Å². The second kappa shape index (κ2) is 8.92. The van der Waals surface area contributed by atoms with Gasteiger partial charge in [0, 0.05) is 63.2 Å². The lowest BCUT2D eigenvalue weighted by Gasteiger charge is -2.45. The molecule has 1 aromatic heterocycles. The number of amides is 2. The molecular formula is C23H35F3N6O. The standard InChI is InChI=1S/C23H35F3N6O/c1-15-12-31(20-27-10-18(11-28-20)23(24,25)26)13-16(2)32(15)21(33)29-19-5-7-30(8-6-19)14-17-9-22(17,3)4/h10-11,15-17,19H,5-9,12-14H2,1-4H3,(H,29,33)/t15-,16+,17?. The van der Waals surface area contributed by atoms with Gasteiger partial charge in [-0.2, -0.15) is 13.2 Å². The number of carbonyl (C=O) groups is 1. The lowest BCUT2D eigenvalue weighted by molar-refractivity contribution is -0.138. The molecule has 184 valence electrons. The van der Waals surface area contributed by atoms with Gasteiger partial charge in [0.1, 0.15) is 0 Å². The van der Waals surface area contributed by atoms with Crippen molar-refractivity contribution in [2.75, 3.05) is 37.6 Å². The SMILES string of the molecule is C[C@@H]1CN(c2ncc(C(F)(F)F)cn2)C[C@H](C)N1C(=O)NC1CCN(CC2CC2(C)C)CC1. The Kier molecular flexibility index (Phi) is 6.50. The van der Waals surface area contributed by atoms with Gasteiger partial charge >= 0.3 is 12.2 Å². The maximum Gasteiger partial charge on any atom is 0.419 e. The van der Waals surface area contributed by atoms with Crippen LogP contribution in [0.25, 0.3) is 0 Å². The molecule has 3 atom stereocenters. The molecule has 1 aromatic rings. The number of aromatic nitrogens is 2. The highest BCUT2D eigenvalue weighted by Gasteiger charge is 2.46. The average Bonchev–Trinajstić information content (AvgIpc) is 3.34. The molecule has 3 heterocycles. The monoisotopic (exact) mass is 468 g/mol. The Balaban J connectivity index is 1.27. The summed E-state index contributed by atoms with van der Waals surface area (Å²) in [5, 5.41) is 3.22. The molecule has 33 heavy (non-hydrogen) atoms. The molecule has 1 aliphatic carbocycles. The smallest absolute Gasteiger partial charge is 0.337 e. The second-order valence-electron chi connectivity index (χ2n) is 10.7. The molecule has 0 aromatic carbocycles. The number of rotatable bonds is 4. The minimum absolute atomic E-state index is 0.0650. The predicted octanol–water partition coefficient (Wildman–Crippen LogP) is 3.61. The van der Waals surface area contributed by atoms with Crippen molar-refractivity contribution in [1.82, 2.24) is 25.1 Å². The van der Waals surface area contributed by atoms with E-state index in [2.05, 4.69) is 34.0 Å². The van der Waals surface area contributed by atoms with Gasteiger partial charge in [0.15, 0.2) is 0 Å². The van der Waals surface area contributed by atoms with Gasteiger partial charge in [-0.3, -0.25) is 0 Å². The van der Waals surface area contributed by atoms with E-state index < -0.39 is 11.7 Å². The van der Waals surface area contributed by atoms with Gasteiger partial charge in [0.2, 0.25) is 5.95 Å². The molecule has 4 rings (SSSR count). The molecule has 0 spiro atoms. The molecule has 2 saturated heterocycles. The number of hydrogen-bond donors (Lipinski definition) is 1. The van der Waals surface area contributed by atoms with E-state index >= 15 is 0 Å². The maximum atomic E-state index is 13.1. The summed E-state index contributed by atoms with van der Waals surface area (Å²) in [6.45, 7) is 12.7. The Morgan fingerprint density at radius 2 is 1.67 bits per heavy atom. The van der Waals surface area contributed by atoms with Crippen molar-refractivity contribution in [1.29, 1.82) is 0 Å². The molecule has 10 heteroatoms. The van der Waals surface area contributed by atoms with E-state index in [0.717, 1.165) is 50.8 Å². The maximum absolute atomic E-state index is 13.1. The number of piperazine rings is 1. The van der Waals surface area contributed by atoms with Crippen molar-refractivity contribution in [2.24, 2.45) is 11.3 Å². The zero-order valence-corrected chi connectivity index (χ0v) is 19.9. The van der Waals surface area contributed by atoms with Crippen molar-refractivity contribution in [2.45, 2.75) is 71.3 Å². The molecule has 3 fully saturated rings. The van der Waals surface area contributed by atoms with Crippen LogP contribution >= 0.6 is 0 Å². The van der Waals surface area contributed by atoms with Crippen molar-refractivity contribution >= 4 is 12.0 Å². The van der Waals surface area contributed by atoms with E-state index in [-0.39, 0.29) is 30.1 Å². The fraction of sp³-hybridized carbons (Fsp3) is 0.783. The van der Waals surface area contributed by atoms with Crippen LogP contribution < -0.4 is 10.2 Å². The number of hydrogen-bond acceptors (Lipinski definition) is 5. The molecule has 1 unspecified atom stereocenters. The third-order valence-corrected chi connectivity index (χ3v) is 7.51. The van der Waals surface area contributed by atoms with Crippen molar-refractivity contribution in [3.05, 3.63) is 18.0 Å². The van der Waals surface area contributed by atoms with E-state index in [4.69, 9.17) is 0 Å². The number of halogens is 3. The Labute approximate surface area is 193 Å². The fourth-order valence-electron chi connectivity index (χ4n) is 5.23. The summed E-state index contributed by atoms with van der Waals surface area (Å²) in [7, 11) is 0. The van der Waals surface area contributed by atoms with E-state index in [9.17, 15) is 18.0 Å². The van der Waals surface area contributed by atoms with E-state index in [1.807, 2.05) is 23.6 Å². The molecule has 1 saturated carbocycles. The first-order valence-electron chi connectivity index (χ1n) is 11.9. The van der Waals surface area contributed by atoms with Crippen molar-refractivity contribution in [3.63, 3.8) is 0 Å². The highest BCUT2D eigenvalue weighted by molar-refractivity contribution is 5.75. The number of urea groups is 1. The number of nitrogens with zero attached hydrogens (tertiary/aromatic N) is 5. The quantitative estimate of drug-likeness (QED) is 0.732. The van der Waals surface area contributed by atoms with Gasteiger partial charge in [-0.15, -0.1) is 0 Å². The van der Waals surface area contributed by atoms with Crippen LogP contribution in [0.4, 0.5) is 23.9 Å². The van der Waals surface area contributed by atoms with Gasteiger partial charge in [0.25, 0.3) is 0 Å². The van der Waals surface area contributed by atoms with Crippen LogP contribution in [0.15, 0.2) is 12.4 Å². The lowest BCUT2D eigenvalue weighted by atomic mass is 10.0. The van der Waals surface area contributed by atoms with E-state index in [1.54, 1.807) is 0 Å². The molecule has 0 radical (unpaired) electrons. The largest absolute Gasteiger partial charge is 0.419 e. The molecular weight excluding hydrogens is 433 g/mol. The minimum atomic E-state index is -4.46. The van der Waals surface area contributed by atoms with Crippen LogP contribution in [0, 0.1) is 11.3 Å². The summed E-state index contributed by atoms with van der Waals surface area (Å²) in [5.41, 5.74) is -0.373. The van der Waals surface area contributed by atoms with Gasteiger partial charge in [-0.25, -0.2) is 14.8 Å². The highest BCUT2D eigenvalue weighted by Crippen LogP contribution is 2.51. The normalized spacial score (nSPS) is 28.6. The Morgan fingerprint density at radius 1 is 1.12 bits per heavy atom. The number of anilines is 1. The number of likely N-dealkylation sites (tertiary alicyclic amines) is 1. The number of alkyl halides is 3. The summed E-state index contributed by atoms with van der Waals surface area (Å²) in [4.78, 5) is 27.1. The third-order valence-electron chi connectivity index (χ3n) is 7.51. The highest BCUT2D eigenvalue weighted by atomic mass is 19.4. The van der Waals surface area contributed by atoms with Gasteiger partial charge < -0.3 is 20.0 Å². The summed E-state index contributed by atoms with van der Waals surface area (Å²) in [6.07, 6.45) is 0.395. The summed E-state index contributed by atoms with van der Waals surface area (Å²) in [6, 6.07) is -0.116. The van der Waals surface area contributed by atoms with Crippen LogP contribution in [-0.2, 0) is 6.18 Å². The first kappa shape index (κ1) is 24.0. The average molecular weight is 469 g/mol. The molecule has 3 aliphatic rings. The first-order valence-corrected chi connectivity index (χ1v) is 11.9. The van der Waals surface area contributed by atoms with Crippen LogP contribution in [0.2, 0.25) is 0 Å². The van der Waals surface area contributed by atoms with E-state index in [1.165, 1.54) is 6.42 Å². The zero-order valence-electron chi connectivity index (χ0n) is 19.9. The van der Waals surface area contributed by atoms with Gasteiger partial charge in [-0.1, -0.05) is 13.8 Å². The summed E-state index contributed by atoms with van der Waals surface area (Å²) < 4.78 is 38.3. The third kappa shape index (κ3) is 5.53. The minimum Gasteiger partial charge on any atom is -0.337 e. The number of piperidine rings is 1. The second-order valence-corrected chi connectivity index (χ2v) is 10.7. The van der Waals surface area contributed by atoms with Crippen molar-refractivity contribution in [3.8, 4) is 0 Å². The van der Waals surface area contributed by atoms with Crippen molar-refractivity contribution < 1.29 is 18.0 Å². The summed E-state index contributed by atoms with van der Waals surface area (Å²) in [5.74, 6) is 1.06. The Morgan fingerprint density at radius 3 is 2.15 bits per heavy atom. The van der Waals surface area contributed by atoms with Gasteiger partial charge in [-0.05, 0) is 44.4 Å². The molecule has 7 nitrogen and oxygen atoms in total. The molecule has 1 N–H and O–H groups in total. The Hall–Kier alpha value is -2.10. The number of carbonyl (C=O) groups excluding carboxylic acids is 1. The van der Waals surface area contributed by atoms with Crippen LogP contribution in [0.3, 0.4) is 0 Å². The summed E-state index contributed by atoms with van der Waals surface area (Å²) >= 11 is 0. The first-order chi connectivity index (χ1) is 15.4.